The van der Waals surface area contributed by atoms with Crippen LogP contribution in [-0.2, 0) is 15.0 Å². The first-order chi connectivity index (χ1) is 14.4. The van der Waals surface area contributed by atoms with Gasteiger partial charge in [0.05, 0.1) is 17.5 Å². The van der Waals surface area contributed by atoms with Crippen molar-refractivity contribution >= 4 is 17.5 Å². The highest BCUT2D eigenvalue weighted by Gasteiger charge is 2.66. The highest BCUT2D eigenvalue weighted by Crippen LogP contribution is 2.64. The van der Waals surface area contributed by atoms with E-state index in [-0.39, 0.29) is 29.6 Å². The first-order valence-electron chi connectivity index (χ1n) is 10.6. The Balaban J connectivity index is 1.62. The van der Waals surface area contributed by atoms with Gasteiger partial charge in [0.1, 0.15) is 0 Å². The Labute approximate surface area is 176 Å². The van der Waals surface area contributed by atoms with Gasteiger partial charge < -0.3 is 0 Å². The molecular formula is C27H23NO2. The van der Waals surface area contributed by atoms with Gasteiger partial charge in [-0.2, -0.15) is 0 Å². The maximum absolute atomic E-state index is 13.9. The van der Waals surface area contributed by atoms with Crippen molar-refractivity contribution in [3.05, 3.63) is 100 Å². The summed E-state index contributed by atoms with van der Waals surface area (Å²) in [4.78, 5) is 29.2. The fourth-order valence-corrected chi connectivity index (χ4v) is 6.44. The fourth-order valence-electron chi connectivity index (χ4n) is 6.44. The number of nitrogens with zero attached hydrogens (tertiary/aromatic N) is 1. The molecule has 3 aromatic carbocycles. The molecule has 3 aliphatic carbocycles. The second-order valence-electron chi connectivity index (χ2n) is 9.16. The van der Waals surface area contributed by atoms with E-state index in [0.717, 1.165) is 16.8 Å². The molecule has 0 unspecified atom stereocenters. The van der Waals surface area contributed by atoms with Gasteiger partial charge in [0.25, 0.3) is 0 Å². The zero-order valence-corrected chi connectivity index (χ0v) is 17.3. The smallest absolute Gasteiger partial charge is 0.238 e. The van der Waals surface area contributed by atoms with Crippen LogP contribution in [0, 0.1) is 25.7 Å². The molecule has 3 heteroatoms. The van der Waals surface area contributed by atoms with E-state index in [1.165, 1.54) is 27.2 Å². The van der Waals surface area contributed by atoms with Gasteiger partial charge in [0.15, 0.2) is 0 Å². The number of aryl methyl sites for hydroxylation is 2. The number of carbonyl (C=O) groups is 2. The van der Waals surface area contributed by atoms with Gasteiger partial charge in [-0.25, -0.2) is 4.90 Å². The summed E-state index contributed by atoms with van der Waals surface area (Å²) in [6.07, 6.45) is 0. The van der Waals surface area contributed by atoms with Gasteiger partial charge in [-0.1, -0.05) is 73.2 Å². The molecule has 1 heterocycles. The van der Waals surface area contributed by atoms with Crippen LogP contribution < -0.4 is 4.90 Å². The molecule has 1 aliphatic heterocycles. The molecular weight excluding hydrogens is 370 g/mol. The Morgan fingerprint density at radius 2 is 1.40 bits per heavy atom. The van der Waals surface area contributed by atoms with E-state index in [4.69, 9.17) is 0 Å². The molecule has 3 aromatic rings. The second kappa shape index (κ2) is 5.69. The van der Waals surface area contributed by atoms with E-state index in [1.807, 2.05) is 56.3 Å². The first-order valence-corrected chi connectivity index (χ1v) is 10.6. The Bertz CT molecular complexity index is 1210. The molecule has 0 N–H and O–H groups in total. The fraction of sp³-hybridized carbons (Fsp3) is 0.259. The highest BCUT2D eigenvalue weighted by molar-refractivity contribution is 6.24. The molecule has 2 amide bonds. The van der Waals surface area contributed by atoms with Crippen LogP contribution in [0.5, 0.6) is 0 Å². The van der Waals surface area contributed by atoms with E-state index in [9.17, 15) is 9.59 Å². The predicted molar refractivity (Wildman–Crippen MR) is 117 cm³/mol. The minimum atomic E-state index is -0.507. The molecule has 1 saturated heterocycles. The lowest BCUT2D eigenvalue weighted by Crippen LogP contribution is -2.51. The molecule has 4 aliphatic rings. The van der Waals surface area contributed by atoms with Crippen molar-refractivity contribution in [2.24, 2.45) is 11.8 Å². The number of benzene rings is 3. The molecule has 0 spiro atoms. The summed E-state index contributed by atoms with van der Waals surface area (Å²) in [6.45, 7) is 6.16. The van der Waals surface area contributed by atoms with Crippen molar-refractivity contribution in [1.29, 1.82) is 0 Å². The van der Waals surface area contributed by atoms with Gasteiger partial charge in [-0.05, 0) is 47.7 Å². The van der Waals surface area contributed by atoms with E-state index in [0.29, 0.717) is 0 Å². The van der Waals surface area contributed by atoms with Gasteiger partial charge >= 0.3 is 0 Å². The van der Waals surface area contributed by atoms with E-state index < -0.39 is 5.41 Å². The van der Waals surface area contributed by atoms with Gasteiger partial charge in [-0.15, -0.1) is 0 Å². The zero-order chi connectivity index (χ0) is 20.8. The minimum absolute atomic E-state index is 0.0582. The number of rotatable bonds is 1. The Kier molecular flexibility index (Phi) is 3.35. The van der Waals surface area contributed by atoms with Gasteiger partial charge in [0.2, 0.25) is 11.8 Å². The number of imide groups is 1. The maximum Gasteiger partial charge on any atom is 0.238 e. The lowest BCUT2D eigenvalue weighted by Gasteiger charge is -2.52. The average Bonchev–Trinajstić information content (AvgIpc) is 3.01. The number of carbonyl (C=O) groups excluding carboxylic acids is 2. The quantitative estimate of drug-likeness (QED) is 0.553. The number of hydrogen-bond acceptors (Lipinski definition) is 2. The van der Waals surface area contributed by atoms with E-state index in [1.54, 1.807) is 0 Å². The molecule has 148 valence electrons. The number of anilines is 1. The molecule has 7 rings (SSSR count). The Morgan fingerprint density at radius 1 is 0.800 bits per heavy atom. The Morgan fingerprint density at radius 3 is 2.00 bits per heavy atom. The maximum atomic E-state index is 13.9. The lowest BCUT2D eigenvalue weighted by atomic mass is 9.48. The molecule has 30 heavy (non-hydrogen) atoms. The van der Waals surface area contributed by atoms with Gasteiger partial charge in [-0.3, -0.25) is 9.59 Å². The molecule has 3 nitrogen and oxygen atoms in total. The van der Waals surface area contributed by atoms with Crippen LogP contribution in [-0.4, -0.2) is 11.8 Å². The summed E-state index contributed by atoms with van der Waals surface area (Å²) in [7, 11) is 0. The van der Waals surface area contributed by atoms with Crippen molar-refractivity contribution in [3.8, 4) is 0 Å². The summed E-state index contributed by atoms with van der Waals surface area (Å²) in [6, 6.07) is 22.7. The van der Waals surface area contributed by atoms with Crippen LogP contribution >= 0.6 is 0 Å². The summed E-state index contributed by atoms with van der Waals surface area (Å²) >= 11 is 0. The first kappa shape index (κ1) is 17.6. The normalized spacial score (nSPS) is 28.4. The topological polar surface area (TPSA) is 37.4 Å². The number of amides is 2. The van der Waals surface area contributed by atoms with Crippen LogP contribution in [0.3, 0.4) is 0 Å². The van der Waals surface area contributed by atoms with Crippen LogP contribution in [0.1, 0.15) is 46.2 Å². The minimum Gasteiger partial charge on any atom is -0.274 e. The predicted octanol–water partition coefficient (Wildman–Crippen LogP) is 4.87. The molecule has 0 saturated carbocycles. The van der Waals surface area contributed by atoms with E-state index >= 15 is 0 Å². The molecule has 2 atom stereocenters. The van der Waals surface area contributed by atoms with Crippen molar-refractivity contribution < 1.29 is 9.59 Å². The van der Waals surface area contributed by atoms with Gasteiger partial charge in [0, 0.05) is 11.3 Å². The van der Waals surface area contributed by atoms with Crippen LogP contribution in [0.4, 0.5) is 5.69 Å². The molecule has 0 radical (unpaired) electrons. The molecule has 0 aromatic heterocycles. The van der Waals surface area contributed by atoms with E-state index in [2.05, 4.69) is 31.2 Å². The van der Waals surface area contributed by atoms with Crippen LogP contribution in [0.25, 0.3) is 0 Å². The van der Waals surface area contributed by atoms with Crippen molar-refractivity contribution in [1.82, 2.24) is 0 Å². The van der Waals surface area contributed by atoms with Crippen LogP contribution in [0.15, 0.2) is 66.7 Å². The number of hydrogen-bond donors (Lipinski definition) is 0. The van der Waals surface area contributed by atoms with Crippen molar-refractivity contribution in [3.63, 3.8) is 0 Å². The monoisotopic (exact) mass is 393 g/mol. The third-order valence-electron chi connectivity index (χ3n) is 7.64. The SMILES string of the molecule is Cc1ccc(N2C(=O)[C@H]3C4c5ccccc5C(C)(c5ccccc54)[C@H]3C2=O)c(C)c1. The molecule has 2 bridgehead atoms. The summed E-state index contributed by atoms with van der Waals surface area (Å²) in [5.74, 6) is -0.921. The second-order valence-corrected chi connectivity index (χ2v) is 9.16. The van der Waals surface area contributed by atoms with Crippen molar-refractivity contribution in [2.45, 2.75) is 32.1 Å². The summed E-state index contributed by atoms with van der Waals surface area (Å²) in [5.41, 5.74) is 7.08. The third-order valence-corrected chi connectivity index (χ3v) is 7.64. The van der Waals surface area contributed by atoms with Crippen molar-refractivity contribution in [2.75, 3.05) is 4.90 Å². The lowest BCUT2D eigenvalue weighted by molar-refractivity contribution is -0.123. The Hall–Kier alpha value is -3.20. The highest BCUT2D eigenvalue weighted by atomic mass is 16.2. The zero-order valence-electron chi connectivity index (χ0n) is 17.3. The largest absolute Gasteiger partial charge is 0.274 e. The average molecular weight is 393 g/mol. The molecule has 1 fully saturated rings. The van der Waals surface area contributed by atoms with Crippen LogP contribution in [0.2, 0.25) is 0 Å². The third kappa shape index (κ3) is 1.91. The summed E-state index contributed by atoms with van der Waals surface area (Å²) < 4.78 is 0. The standard InChI is InChI=1S/C27H23NO2/c1-15-12-13-21(16(2)14-15)28-25(29)23-22-17-8-4-6-10-19(17)27(3,24(23)26(28)30)20-11-7-5-9-18(20)22/h4-14,22-24H,1-3H3/t22?,23-,24+,27?/m0/s1. The summed E-state index contributed by atoms with van der Waals surface area (Å²) in [5, 5.41) is 0.